The highest BCUT2D eigenvalue weighted by Crippen LogP contribution is 2.13. The average Bonchev–Trinajstić information content (AvgIpc) is 2.46. The number of rotatable bonds is 7. The lowest BCUT2D eigenvalue weighted by Gasteiger charge is -2.08. The Labute approximate surface area is 126 Å². The molecule has 0 atom stereocenters. The summed E-state index contributed by atoms with van der Waals surface area (Å²) in [6.45, 7) is 4.80. The van der Waals surface area contributed by atoms with Crippen molar-refractivity contribution < 1.29 is 9.53 Å². The van der Waals surface area contributed by atoms with Gasteiger partial charge in [0.1, 0.15) is 0 Å². The number of ether oxygens (including phenoxy) is 1. The molecule has 3 N–H and O–H groups in total. The molecule has 1 rings (SSSR count). The number of anilines is 1. The maximum absolute atomic E-state index is 10.9. The van der Waals surface area contributed by atoms with Crippen molar-refractivity contribution in [1.82, 2.24) is 0 Å². The van der Waals surface area contributed by atoms with E-state index in [0.29, 0.717) is 18.9 Å². The molecule has 0 unspecified atom stereocenters. The number of unbranched alkanes of at least 4 members (excludes halogenated alkanes) is 2. The molecule has 1 aromatic rings. The molecule has 0 aromatic heterocycles. The number of esters is 1. The predicted molar refractivity (Wildman–Crippen MR) is 86.5 cm³/mol. The quantitative estimate of drug-likeness (QED) is 0.350. The highest BCUT2D eigenvalue weighted by atomic mass is 16.5. The summed E-state index contributed by atoms with van der Waals surface area (Å²) in [4.78, 5) is 15.2. The number of nitrogens with zero attached hydrogens (tertiary/aromatic N) is 1. The molecule has 0 aliphatic carbocycles. The molecule has 0 saturated heterocycles. The smallest absolute Gasteiger partial charge is 0.305 e. The largest absolute Gasteiger partial charge is 0.469 e. The number of nitrogens with one attached hydrogen (secondary N) is 1. The third kappa shape index (κ3) is 6.79. The first kappa shape index (κ1) is 17.0. The Kier molecular flexibility index (Phi) is 7.29. The zero-order valence-corrected chi connectivity index (χ0v) is 13.1. The molecule has 0 heterocycles. The van der Waals surface area contributed by atoms with Crippen LogP contribution in [0.2, 0.25) is 0 Å². The van der Waals surface area contributed by atoms with Crippen molar-refractivity contribution in [3.63, 3.8) is 0 Å². The summed E-state index contributed by atoms with van der Waals surface area (Å²) in [7, 11) is 1.41. The summed E-state index contributed by atoms with van der Waals surface area (Å²) >= 11 is 0. The number of hydrogen-bond acceptors (Lipinski definition) is 3. The van der Waals surface area contributed by atoms with Gasteiger partial charge < -0.3 is 15.8 Å². The van der Waals surface area contributed by atoms with E-state index in [1.165, 1.54) is 18.2 Å². The van der Waals surface area contributed by atoms with Gasteiger partial charge in [-0.2, -0.15) is 0 Å². The molecule has 0 fully saturated rings. The predicted octanol–water partition coefficient (Wildman–Crippen LogP) is 2.76. The lowest BCUT2D eigenvalue weighted by molar-refractivity contribution is -0.140. The van der Waals surface area contributed by atoms with E-state index in [-0.39, 0.29) is 5.97 Å². The third-order valence-electron chi connectivity index (χ3n) is 3.33. The Morgan fingerprint density at radius 1 is 1.24 bits per heavy atom. The Morgan fingerprint density at radius 3 is 2.67 bits per heavy atom. The van der Waals surface area contributed by atoms with E-state index in [2.05, 4.69) is 35.0 Å². The van der Waals surface area contributed by atoms with Crippen LogP contribution in [0.3, 0.4) is 0 Å². The fourth-order valence-corrected chi connectivity index (χ4v) is 1.87. The van der Waals surface area contributed by atoms with Crippen molar-refractivity contribution >= 4 is 17.6 Å². The van der Waals surface area contributed by atoms with Crippen molar-refractivity contribution in [2.45, 2.75) is 39.5 Å². The SMILES string of the molecule is COC(=O)CCCCCN=C(N)Nc1ccc(C)c(C)c1. The first-order valence-corrected chi connectivity index (χ1v) is 7.24. The third-order valence-corrected chi connectivity index (χ3v) is 3.33. The molecule has 5 heteroatoms. The molecule has 21 heavy (non-hydrogen) atoms. The van der Waals surface area contributed by atoms with Crippen LogP contribution < -0.4 is 11.1 Å². The minimum Gasteiger partial charge on any atom is -0.469 e. The van der Waals surface area contributed by atoms with Gasteiger partial charge in [-0.15, -0.1) is 0 Å². The minimum atomic E-state index is -0.158. The Morgan fingerprint density at radius 2 is 2.00 bits per heavy atom. The van der Waals surface area contributed by atoms with E-state index in [9.17, 15) is 4.79 Å². The van der Waals surface area contributed by atoms with Gasteiger partial charge in [0.25, 0.3) is 0 Å². The molecule has 0 saturated carbocycles. The van der Waals surface area contributed by atoms with Crippen molar-refractivity contribution in [3.05, 3.63) is 29.3 Å². The van der Waals surface area contributed by atoms with E-state index in [0.717, 1.165) is 24.9 Å². The van der Waals surface area contributed by atoms with Gasteiger partial charge in [0.05, 0.1) is 7.11 Å². The molecule has 0 bridgehead atoms. The standard InChI is InChI=1S/C16H25N3O2/c1-12-8-9-14(11-13(12)2)19-16(17)18-10-6-4-5-7-15(20)21-3/h8-9,11H,4-7,10H2,1-3H3,(H3,17,18,19). The zero-order chi connectivity index (χ0) is 15.7. The number of hydrogen-bond donors (Lipinski definition) is 2. The van der Waals surface area contributed by atoms with Crippen LogP contribution in [-0.2, 0) is 9.53 Å². The second-order valence-electron chi connectivity index (χ2n) is 5.08. The topological polar surface area (TPSA) is 76.7 Å². The molecular weight excluding hydrogens is 266 g/mol. The summed E-state index contributed by atoms with van der Waals surface area (Å²) in [6, 6.07) is 6.09. The van der Waals surface area contributed by atoms with Crippen molar-refractivity contribution in [2.75, 3.05) is 19.0 Å². The molecule has 0 aliphatic heterocycles. The number of aliphatic imine (C=N–C) groups is 1. The monoisotopic (exact) mass is 291 g/mol. The van der Waals surface area contributed by atoms with Crippen LogP contribution in [0.5, 0.6) is 0 Å². The van der Waals surface area contributed by atoms with Gasteiger partial charge >= 0.3 is 5.97 Å². The van der Waals surface area contributed by atoms with Gasteiger partial charge in [-0.25, -0.2) is 0 Å². The van der Waals surface area contributed by atoms with Gasteiger partial charge in [0.2, 0.25) is 0 Å². The van der Waals surface area contributed by atoms with Crippen LogP contribution in [0.15, 0.2) is 23.2 Å². The number of aryl methyl sites for hydroxylation is 2. The number of nitrogens with two attached hydrogens (primary N) is 1. The number of carbonyl (C=O) groups excluding carboxylic acids is 1. The van der Waals surface area contributed by atoms with Crippen molar-refractivity contribution in [3.8, 4) is 0 Å². The average molecular weight is 291 g/mol. The number of benzene rings is 1. The Balaban J connectivity index is 2.27. The highest BCUT2D eigenvalue weighted by Gasteiger charge is 2.00. The Bertz CT molecular complexity index is 498. The van der Waals surface area contributed by atoms with E-state index in [1.54, 1.807) is 0 Å². The van der Waals surface area contributed by atoms with Crippen LogP contribution in [0.1, 0.15) is 36.8 Å². The van der Waals surface area contributed by atoms with Gasteiger partial charge in [-0.1, -0.05) is 12.5 Å². The summed E-state index contributed by atoms with van der Waals surface area (Å²) in [6.07, 6.45) is 3.14. The lowest BCUT2D eigenvalue weighted by Crippen LogP contribution is -2.22. The Hall–Kier alpha value is -2.04. The molecule has 1 aromatic carbocycles. The maximum atomic E-state index is 10.9. The second-order valence-corrected chi connectivity index (χ2v) is 5.08. The molecule has 5 nitrogen and oxygen atoms in total. The summed E-state index contributed by atoms with van der Waals surface area (Å²) in [5.41, 5.74) is 9.26. The molecule has 0 amide bonds. The zero-order valence-electron chi connectivity index (χ0n) is 13.1. The van der Waals surface area contributed by atoms with Crippen LogP contribution in [0.4, 0.5) is 5.69 Å². The molecule has 0 aliphatic rings. The number of guanidine groups is 1. The first-order chi connectivity index (χ1) is 10.0. The minimum absolute atomic E-state index is 0.158. The lowest BCUT2D eigenvalue weighted by atomic mass is 10.1. The van der Waals surface area contributed by atoms with E-state index >= 15 is 0 Å². The normalized spacial score (nSPS) is 11.3. The van der Waals surface area contributed by atoms with Crippen LogP contribution in [-0.4, -0.2) is 25.6 Å². The van der Waals surface area contributed by atoms with Crippen LogP contribution in [0.25, 0.3) is 0 Å². The molecule has 0 spiro atoms. The van der Waals surface area contributed by atoms with E-state index in [1.807, 2.05) is 12.1 Å². The van der Waals surface area contributed by atoms with E-state index in [4.69, 9.17) is 5.73 Å². The van der Waals surface area contributed by atoms with Crippen LogP contribution in [0, 0.1) is 13.8 Å². The van der Waals surface area contributed by atoms with Gasteiger partial charge in [0, 0.05) is 18.7 Å². The summed E-state index contributed by atoms with van der Waals surface area (Å²) in [5, 5.41) is 3.08. The first-order valence-electron chi connectivity index (χ1n) is 7.24. The number of methoxy groups -OCH3 is 1. The summed E-state index contributed by atoms with van der Waals surface area (Å²) in [5.74, 6) is 0.264. The molecular formula is C16H25N3O2. The van der Waals surface area contributed by atoms with Crippen molar-refractivity contribution in [2.24, 2.45) is 10.7 Å². The van der Waals surface area contributed by atoms with E-state index < -0.39 is 0 Å². The van der Waals surface area contributed by atoms with Crippen molar-refractivity contribution in [1.29, 1.82) is 0 Å². The fourth-order valence-electron chi connectivity index (χ4n) is 1.87. The van der Waals surface area contributed by atoms with Gasteiger partial charge in [-0.3, -0.25) is 9.79 Å². The van der Waals surface area contributed by atoms with Gasteiger partial charge in [0.15, 0.2) is 5.96 Å². The molecule has 0 radical (unpaired) electrons. The fraction of sp³-hybridized carbons (Fsp3) is 0.500. The van der Waals surface area contributed by atoms with Gasteiger partial charge in [-0.05, 0) is 49.9 Å². The second kappa shape index (κ2) is 9.00. The summed E-state index contributed by atoms with van der Waals surface area (Å²) < 4.78 is 4.58. The molecule has 116 valence electrons. The maximum Gasteiger partial charge on any atom is 0.305 e. The highest BCUT2D eigenvalue weighted by molar-refractivity contribution is 5.92. The van der Waals surface area contributed by atoms with Crippen LogP contribution >= 0.6 is 0 Å². The number of carbonyl (C=O) groups is 1.